The highest BCUT2D eigenvalue weighted by Gasteiger charge is 2.43. The number of aromatic nitrogens is 2. The van der Waals surface area contributed by atoms with Crippen LogP contribution in [0.4, 0.5) is 5.82 Å². The zero-order valence-electron chi connectivity index (χ0n) is 14.2. The van der Waals surface area contributed by atoms with Crippen molar-refractivity contribution in [2.24, 2.45) is 0 Å². The first-order valence-electron chi connectivity index (χ1n) is 9.00. The number of ether oxygens (including phenoxy) is 1. The van der Waals surface area contributed by atoms with Gasteiger partial charge in [0.2, 0.25) is 0 Å². The predicted octanol–water partition coefficient (Wildman–Crippen LogP) is 2.92. The van der Waals surface area contributed by atoms with E-state index in [-0.39, 0.29) is 17.8 Å². The van der Waals surface area contributed by atoms with Crippen LogP contribution in [-0.2, 0) is 4.74 Å². The maximum atomic E-state index is 10.2. The van der Waals surface area contributed by atoms with Crippen LogP contribution in [0.15, 0.2) is 30.6 Å². The highest BCUT2D eigenvalue weighted by Crippen LogP contribution is 2.39. The molecule has 2 atom stereocenters. The average molecular weight is 327 g/mol. The van der Waals surface area contributed by atoms with Crippen LogP contribution in [0.25, 0.3) is 10.9 Å². The molecule has 0 aromatic carbocycles. The average Bonchev–Trinajstić information content (AvgIpc) is 2.61. The third-order valence-electron chi connectivity index (χ3n) is 5.50. The number of piperidine rings is 1. The normalized spacial score (nSPS) is 26.8. The van der Waals surface area contributed by atoms with E-state index in [9.17, 15) is 5.11 Å². The highest BCUT2D eigenvalue weighted by atomic mass is 16.5. The number of pyridine rings is 2. The first-order chi connectivity index (χ1) is 11.7. The summed E-state index contributed by atoms with van der Waals surface area (Å²) in [5.74, 6) is 1.01. The summed E-state index contributed by atoms with van der Waals surface area (Å²) in [4.78, 5) is 11.4. The Morgan fingerprint density at radius 2 is 2.08 bits per heavy atom. The Hall–Kier alpha value is -1.72. The van der Waals surface area contributed by atoms with Gasteiger partial charge in [0.25, 0.3) is 0 Å². The standard InChI is InChI=1S/C19H25N3O2/c1-2-15-12-14(23)13-19(24-15)6-10-22(11-7-19)18-16-4-3-8-20-17(16)5-9-21-18/h3-5,8-9,14-15,23H,2,6-7,10-13H2,1H3/t14-,15+/m1/s1. The molecule has 0 amide bonds. The summed E-state index contributed by atoms with van der Waals surface area (Å²) in [6.07, 6.45) is 8.02. The number of aliphatic hydroxyl groups is 1. The Bertz CT molecular complexity index is 707. The monoisotopic (exact) mass is 327 g/mol. The molecule has 0 unspecified atom stereocenters. The minimum absolute atomic E-state index is 0.155. The van der Waals surface area contributed by atoms with Crippen LogP contribution in [0.3, 0.4) is 0 Å². The second kappa shape index (κ2) is 6.30. The van der Waals surface area contributed by atoms with E-state index >= 15 is 0 Å². The van der Waals surface area contributed by atoms with E-state index in [0.29, 0.717) is 0 Å². The fourth-order valence-corrected chi connectivity index (χ4v) is 4.20. The van der Waals surface area contributed by atoms with Gasteiger partial charge in [-0.05, 0) is 43.9 Å². The van der Waals surface area contributed by atoms with E-state index in [4.69, 9.17) is 4.74 Å². The number of nitrogens with zero attached hydrogens (tertiary/aromatic N) is 3. The van der Waals surface area contributed by atoms with Crippen molar-refractivity contribution in [3.63, 3.8) is 0 Å². The van der Waals surface area contributed by atoms with Crippen molar-refractivity contribution in [1.29, 1.82) is 0 Å². The molecule has 1 N–H and O–H groups in total. The lowest BCUT2D eigenvalue weighted by atomic mass is 9.81. The molecule has 2 aliphatic heterocycles. The van der Waals surface area contributed by atoms with Crippen molar-refractivity contribution < 1.29 is 9.84 Å². The third-order valence-corrected chi connectivity index (χ3v) is 5.50. The predicted molar refractivity (Wildman–Crippen MR) is 94.1 cm³/mol. The Kier molecular flexibility index (Phi) is 4.14. The SMILES string of the molecule is CC[C@H]1C[C@@H](O)CC2(CCN(c3nccc4ncccc34)CC2)O1. The lowest BCUT2D eigenvalue weighted by molar-refractivity contribution is -0.171. The first kappa shape index (κ1) is 15.8. The molecule has 2 saturated heterocycles. The second-order valence-electron chi connectivity index (χ2n) is 7.12. The number of fused-ring (bicyclic) bond motifs is 1. The van der Waals surface area contributed by atoms with Crippen LogP contribution in [0, 0.1) is 0 Å². The molecule has 2 aromatic rings. The van der Waals surface area contributed by atoms with Gasteiger partial charge in [-0.1, -0.05) is 6.92 Å². The molecule has 4 heterocycles. The summed E-state index contributed by atoms with van der Waals surface area (Å²) in [5, 5.41) is 11.3. The Morgan fingerprint density at radius 3 is 2.88 bits per heavy atom. The number of aliphatic hydroxyl groups excluding tert-OH is 1. The molecule has 0 saturated carbocycles. The third kappa shape index (κ3) is 2.87. The molecular formula is C19H25N3O2. The van der Waals surface area contributed by atoms with Crippen LogP contribution in [0.2, 0.25) is 0 Å². The molecule has 1 spiro atoms. The van der Waals surface area contributed by atoms with Crippen molar-refractivity contribution in [1.82, 2.24) is 9.97 Å². The number of hydrogen-bond donors (Lipinski definition) is 1. The summed E-state index contributed by atoms with van der Waals surface area (Å²) >= 11 is 0. The molecular weight excluding hydrogens is 302 g/mol. The summed E-state index contributed by atoms with van der Waals surface area (Å²) in [6.45, 7) is 3.95. The first-order valence-corrected chi connectivity index (χ1v) is 9.00. The Balaban J connectivity index is 1.53. The van der Waals surface area contributed by atoms with E-state index in [1.807, 2.05) is 24.5 Å². The number of hydrogen-bond acceptors (Lipinski definition) is 5. The molecule has 0 radical (unpaired) electrons. The van der Waals surface area contributed by atoms with Crippen LogP contribution in [0.5, 0.6) is 0 Å². The minimum atomic E-state index is -0.227. The number of anilines is 1. The van der Waals surface area contributed by atoms with Crippen molar-refractivity contribution in [2.75, 3.05) is 18.0 Å². The lowest BCUT2D eigenvalue weighted by Crippen LogP contribution is -2.53. The van der Waals surface area contributed by atoms with Crippen molar-refractivity contribution in [2.45, 2.75) is 56.8 Å². The van der Waals surface area contributed by atoms with Crippen LogP contribution >= 0.6 is 0 Å². The maximum absolute atomic E-state index is 10.2. The minimum Gasteiger partial charge on any atom is -0.393 e. The Labute approximate surface area is 142 Å². The summed E-state index contributed by atoms with van der Waals surface area (Å²) in [5.41, 5.74) is 0.829. The van der Waals surface area contributed by atoms with Gasteiger partial charge in [0.1, 0.15) is 5.82 Å². The summed E-state index contributed by atoms with van der Waals surface area (Å²) in [7, 11) is 0. The van der Waals surface area contributed by atoms with Crippen molar-refractivity contribution >= 4 is 16.7 Å². The van der Waals surface area contributed by atoms with Gasteiger partial charge in [-0.15, -0.1) is 0 Å². The molecule has 24 heavy (non-hydrogen) atoms. The summed E-state index contributed by atoms with van der Waals surface area (Å²) < 4.78 is 6.39. The second-order valence-corrected chi connectivity index (χ2v) is 7.12. The Morgan fingerprint density at radius 1 is 1.25 bits per heavy atom. The van der Waals surface area contributed by atoms with Crippen LogP contribution < -0.4 is 4.90 Å². The van der Waals surface area contributed by atoms with Crippen LogP contribution in [-0.4, -0.2) is 46.0 Å². The van der Waals surface area contributed by atoms with Crippen LogP contribution in [0.1, 0.15) is 39.0 Å². The molecule has 5 nitrogen and oxygen atoms in total. The highest BCUT2D eigenvalue weighted by molar-refractivity contribution is 5.89. The fourth-order valence-electron chi connectivity index (χ4n) is 4.20. The maximum Gasteiger partial charge on any atom is 0.137 e. The van der Waals surface area contributed by atoms with E-state index in [1.165, 1.54) is 0 Å². The molecule has 2 fully saturated rings. The molecule has 128 valence electrons. The van der Waals surface area contributed by atoms with Gasteiger partial charge in [-0.25, -0.2) is 4.98 Å². The van der Waals surface area contributed by atoms with E-state index in [0.717, 1.165) is 61.9 Å². The molecule has 5 heteroatoms. The number of rotatable bonds is 2. The van der Waals surface area contributed by atoms with Crippen molar-refractivity contribution in [3.8, 4) is 0 Å². The van der Waals surface area contributed by atoms with Gasteiger partial charge in [0.15, 0.2) is 0 Å². The topological polar surface area (TPSA) is 58.5 Å². The van der Waals surface area contributed by atoms with Gasteiger partial charge in [0.05, 0.1) is 23.3 Å². The van der Waals surface area contributed by atoms with Gasteiger partial charge in [-0.2, -0.15) is 0 Å². The molecule has 0 aliphatic carbocycles. The molecule has 4 rings (SSSR count). The van der Waals surface area contributed by atoms with E-state index in [1.54, 1.807) is 0 Å². The smallest absolute Gasteiger partial charge is 0.137 e. The van der Waals surface area contributed by atoms with E-state index < -0.39 is 0 Å². The van der Waals surface area contributed by atoms with Gasteiger partial charge < -0.3 is 14.7 Å². The lowest BCUT2D eigenvalue weighted by Gasteiger charge is -2.48. The zero-order chi connectivity index (χ0) is 16.6. The van der Waals surface area contributed by atoms with Crippen molar-refractivity contribution in [3.05, 3.63) is 30.6 Å². The molecule has 2 aliphatic rings. The quantitative estimate of drug-likeness (QED) is 0.919. The molecule has 2 aromatic heterocycles. The van der Waals surface area contributed by atoms with E-state index in [2.05, 4.69) is 27.9 Å². The summed E-state index contributed by atoms with van der Waals surface area (Å²) in [6, 6.07) is 6.01. The fraction of sp³-hybridized carbons (Fsp3) is 0.579. The molecule has 0 bridgehead atoms. The largest absolute Gasteiger partial charge is 0.393 e. The van der Waals surface area contributed by atoms with Gasteiger partial charge >= 0.3 is 0 Å². The van der Waals surface area contributed by atoms with Gasteiger partial charge in [0, 0.05) is 37.3 Å². The van der Waals surface area contributed by atoms with Gasteiger partial charge in [-0.3, -0.25) is 4.98 Å². The zero-order valence-corrected chi connectivity index (χ0v) is 14.2.